The highest BCUT2D eigenvalue weighted by molar-refractivity contribution is 7.22. The number of carbonyl (C=O) groups excluding carboxylic acids is 1. The number of nitrogens with zero attached hydrogens (tertiary/aromatic N) is 2. The monoisotopic (exact) mass is 479 g/mol. The van der Waals surface area contributed by atoms with Gasteiger partial charge >= 0.3 is 11.7 Å². The normalized spacial score (nSPS) is 11.0. The molecule has 34 heavy (non-hydrogen) atoms. The Balaban J connectivity index is 1.98. The highest BCUT2D eigenvalue weighted by atomic mass is 32.1. The van der Waals surface area contributed by atoms with Crippen LogP contribution < -0.4 is 21.7 Å². The maximum atomic E-state index is 13.5. The smallest absolute Gasteiger partial charge is 0.332 e. The first-order chi connectivity index (χ1) is 16.3. The predicted molar refractivity (Wildman–Crippen MR) is 134 cm³/mol. The van der Waals surface area contributed by atoms with Crippen LogP contribution in [0.5, 0.6) is 5.75 Å². The molecule has 8 nitrogen and oxygen atoms in total. The molecule has 0 aliphatic heterocycles. The fourth-order valence-electron chi connectivity index (χ4n) is 3.88. The maximum absolute atomic E-state index is 13.5. The Morgan fingerprint density at radius 2 is 1.76 bits per heavy atom. The summed E-state index contributed by atoms with van der Waals surface area (Å²) < 4.78 is 12.7. The van der Waals surface area contributed by atoms with Gasteiger partial charge in [-0.3, -0.25) is 14.2 Å². The van der Waals surface area contributed by atoms with Gasteiger partial charge in [0, 0.05) is 10.6 Å². The zero-order valence-corrected chi connectivity index (χ0v) is 20.0. The van der Waals surface area contributed by atoms with Crippen LogP contribution in [0.25, 0.3) is 20.7 Å². The third-order valence-electron chi connectivity index (χ3n) is 5.62. The highest BCUT2D eigenvalue weighted by Gasteiger charge is 2.22. The second kappa shape index (κ2) is 9.56. The van der Waals surface area contributed by atoms with Gasteiger partial charge in [-0.2, -0.15) is 0 Å². The van der Waals surface area contributed by atoms with Gasteiger partial charge in [0.1, 0.15) is 17.1 Å². The fourth-order valence-corrected chi connectivity index (χ4v) is 5.17. The summed E-state index contributed by atoms with van der Waals surface area (Å²) in [5, 5.41) is 0.397. The van der Waals surface area contributed by atoms with E-state index in [0.717, 1.165) is 31.9 Å². The summed E-state index contributed by atoms with van der Waals surface area (Å²) in [5.74, 6) is 0.0749. The Bertz CT molecular complexity index is 1480. The minimum Gasteiger partial charge on any atom is -0.497 e. The molecule has 176 valence electrons. The van der Waals surface area contributed by atoms with Crippen LogP contribution in [0.4, 0.5) is 5.69 Å². The molecular formula is C25H25N3O5S. The van der Waals surface area contributed by atoms with Gasteiger partial charge in [0.15, 0.2) is 0 Å². The molecule has 0 unspecified atom stereocenters. The Kier molecular flexibility index (Phi) is 6.56. The van der Waals surface area contributed by atoms with Gasteiger partial charge in [0.05, 0.1) is 25.6 Å². The average molecular weight is 480 g/mol. The molecule has 2 heterocycles. The lowest BCUT2D eigenvalue weighted by Crippen LogP contribution is -2.42. The molecule has 0 aliphatic carbocycles. The van der Waals surface area contributed by atoms with Gasteiger partial charge in [-0.1, -0.05) is 18.2 Å². The largest absolute Gasteiger partial charge is 0.497 e. The third-order valence-corrected chi connectivity index (χ3v) is 6.99. The van der Waals surface area contributed by atoms with Crippen molar-refractivity contribution in [2.45, 2.75) is 26.9 Å². The fraction of sp³-hybridized carbons (Fsp3) is 0.240. The Morgan fingerprint density at radius 1 is 1.06 bits per heavy atom. The van der Waals surface area contributed by atoms with Crippen molar-refractivity contribution in [3.63, 3.8) is 0 Å². The summed E-state index contributed by atoms with van der Waals surface area (Å²) in [5.41, 5.74) is 7.95. The van der Waals surface area contributed by atoms with Gasteiger partial charge in [0.25, 0.3) is 5.56 Å². The first kappa shape index (κ1) is 23.3. The van der Waals surface area contributed by atoms with Crippen molar-refractivity contribution in [2.75, 3.05) is 19.5 Å². The van der Waals surface area contributed by atoms with E-state index in [2.05, 4.69) is 0 Å². The lowest BCUT2D eigenvalue weighted by Gasteiger charge is -2.13. The number of aromatic nitrogens is 2. The number of hydrogen-bond acceptors (Lipinski definition) is 7. The topological polar surface area (TPSA) is 106 Å². The Hall–Kier alpha value is -3.85. The Morgan fingerprint density at radius 3 is 2.41 bits per heavy atom. The average Bonchev–Trinajstić information content (AvgIpc) is 3.18. The summed E-state index contributed by atoms with van der Waals surface area (Å²) in [7, 11) is 1.60. The molecular weight excluding hydrogens is 454 g/mol. The summed E-state index contributed by atoms with van der Waals surface area (Å²) in [6.45, 7) is 3.38. The molecule has 0 atom stereocenters. The zero-order chi connectivity index (χ0) is 24.4. The summed E-state index contributed by atoms with van der Waals surface area (Å²) in [6.07, 6.45) is 0. The van der Waals surface area contributed by atoms with E-state index < -0.39 is 23.8 Å². The predicted octanol–water partition coefficient (Wildman–Crippen LogP) is 3.40. The van der Waals surface area contributed by atoms with Crippen LogP contribution in [0.1, 0.15) is 18.1 Å². The van der Waals surface area contributed by atoms with Crippen molar-refractivity contribution >= 4 is 33.2 Å². The minimum absolute atomic E-state index is 0.156. The molecule has 0 aliphatic rings. The molecule has 4 aromatic rings. The summed E-state index contributed by atoms with van der Waals surface area (Å²) in [6, 6.07) is 14.7. The van der Waals surface area contributed by atoms with E-state index in [1.807, 2.05) is 49.4 Å². The minimum atomic E-state index is -0.643. The van der Waals surface area contributed by atoms with Crippen LogP contribution in [0.3, 0.4) is 0 Å². The van der Waals surface area contributed by atoms with E-state index in [9.17, 15) is 14.4 Å². The number of para-hydroxylation sites is 1. The number of thiophene rings is 1. The van der Waals surface area contributed by atoms with E-state index in [0.29, 0.717) is 15.9 Å². The van der Waals surface area contributed by atoms with Crippen molar-refractivity contribution < 1.29 is 14.3 Å². The van der Waals surface area contributed by atoms with E-state index in [4.69, 9.17) is 15.2 Å². The number of fused-ring (bicyclic) bond motifs is 1. The second-order valence-electron chi connectivity index (χ2n) is 7.73. The van der Waals surface area contributed by atoms with Gasteiger partial charge in [-0.25, -0.2) is 9.36 Å². The molecule has 2 aromatic carbocycles. The van der Waals surface area contributed by atoms with Crippen molar-refractivity contribution in [3.05, 3.63) is 80.5 Å². The number of benzene rings is 2. The number of hydrogen-bond donors (Lipinski definition) is 1. The number of nitrogen functional groups attached to an aromatic ring is 1. The molecule has 0 bridgehead atoms. The molecule has 0 spiro atoms. The molecule has 9 heteroatoms. The SMILES string of the molecule is CCOC(=O)Cn1c(=O)c2c(C)c(-c3ccc(OC)cc3)sc2n(Cc2ccccc2N)c1=O. The first-order valence-electron chi connectivity index (χ1n) is 10.8. The number of ether oxygens (including phenoxy) is 2. The van der Waals surface area contributed by atoms with Gasteiger partial charge in [-0.05, 0) is 60.9 Å². The summed E-state index contributed by atoms with van der Waals surface area (Å²) in [4.78, 5) is 40.5. The van der Waals surface area contributed by atoms with Crippen molar-refractivity contribution in [2.24, 2.45) is 0 Å². The zero-order valence-electron chi connectivity index (χ0n) is 19.2. The van der Waals surface area contributed by atoms with Crippen molar-refractivity contribution in [1.82, 2.24) is 9.13 Å². The first-order valence-corrected chi connectivity index (χ1v) is 11.6. The molecule has 0 saturated heterocycles. The van der Waals surface area contributed by atoms with E-state index >= 15 is 0 Å². The molecule has 0 radical (unpaired) electrons. The van der Waals surface area contributed by atoms with Crippen LogP contribution in [-0.2, 0) is 22.6 Å². The van der Waals surface area contributed by atoms with Gasteiger partial charge < -0.3 is 15.2 Å². The maximum Gasteiger partial charge on any atom is 0.332 e. The molecule has 0 fully saturated rings. The van der Waals surface area contributed by atoms with Gasteiger partial charge in [-0.15, -0.1) is 11.3 Å². The van der Waals surface area contributed by atoms with E-state index in [-0.39, 0.29) is 13.2 Å². The molecule has 4 rings (SSSR count). The lowest BCUT2D eigenvalue weighted by atomic mass is 10.1. The highest BCUT2D eigenvalue weighted by Crippen LogP contribution is 2.37. The number of esters is 1. The number of anilines is 1. The Labute approximate surface area is 199 Å². The molecule has 0 amide bonds. The van der Waals surface area contributed by atoms with Crippen LogP contribution in [0.2, 0.25) is 0 Å². The quantitative estimate of drug-likeness (QED) is 0.322. The summed E-state index contributed by atoms with van der Waals surface area (Å²) >= 11 is 1.36. The van der Waals surface area contributed by atoms with Crippen LogP contribution in [0.15, 0.2) is 58.1 Å². The van der Waals surface area contributed by atoms with Crippen molar-refractivity contribution in [3.8, 4) is 16.2 Å². The van der Waals surface area contributed by atoms with Crippen LogP contribution in [0, 0.1) is 6.92 Å². The lowest BCUT2D eigenvalue weighted by molar-refractivity contribution is -0.143. The second-order valence-corrected chi connectivity index (χ2v) is 8.73. The van der Waals surface area contributed by atoms with E-state index in [1.54, 1.807) is 20.1 Å². The number of aryl methyl sites for hydroxylation is 1. The van der Waals surface area contributed by atoms with Crippen LogP contribution >= 0.6 is 11.3 Å². The third kappa shape index (κ3) is 4.22. The van der Waals surface area contributed by atoms with E-state index in [1.165, 1.54) is 15.9 Å². The number of carbonyl (C=O) groups is 1. The standard InChI is InChI=1S/C25H25N3O5S/c1-4-33-20(29)14-27-23(30)21-15(2)22(16-9-11-18(32-3)12-10-16)34-24(21)28(25(27)31)13-17-7-5-6-8-19(17)26/h5-12H,4,13-14,26H2,1-3H3. The molecule has 0 saturated carbocycles. The van der Waals surface area contributed by atoms with Gasteiger partial charge in [0.2, 0.25) is 0 Å². The van der Waals surface area contributed by atoms with Crippen molar-refractivity contribution in [1.29, 1.82) is 0 Å². The number of nitrogens with two attached hydrogens (primary N) is 1. The number of methoxy groups -OCH3 is 1. The molecule has 2 N–H and O–H groups in total. The van der Waals surface area contributed by atoms with Crippen LogP contribution in [-0.4, -0.2) is 28.8 Å². The number of rotatable bonds is 7. The molecule has 2 aromatic heterocycles.